The van der Waals surface area contributed by atoms with Crippen LogP contribution < -0.4 is 0 Å². The van der Waals surface area contributed by atoms with Gasteiger partial charge in [0.15, 0.2) is 5.76 Å². The molecular weight excluding hydrogens is 320 g/mol. The quantitative estimate of drug-likeness (QED) is 0.846. The van der Waals surface area contributed by atoms with Crippen molar-refractivity contribution in [2.75, 3.05) is 39.4 Å². The number of rotatable bonds is 4. The second kappa shape index (κ2) is 7.41. The van der Waals surface area contributed by atoms with Gasteiger partial charge in [0.05, 0.1) is 25.5 Å². The second-order valence-electron chi connectivity index (χ2n) is 6.70. The van der Waals surface area contributed by atoms with E-state index in [1.165, 1.54) is 0 Å². The number of aromatic nitrogens is 2. The summed E-state index contributed by atoms with van der Waals surface area (Å²) in [5, 5.41) is 4.33. The number of nitrogens with zero attached hydrogens (tertiary/aromatic N) is 4. The maximum atomic E-state index is 13.0. The van der Waals surface area contributed by atoms with Gasteiger partial charge in [-0.25, -0.2) is 0 Å². The first-order valence-electron chi connectivity index (χ1n) is 8.96. The Morgan fingerprint density at radius 1 is 1.28 bits per heavy atom. The molecule has 0 radical (unpaired) electrons. The van der Waals surface area contributed by atoms with Gasteiger partial charge in [-0.05, 0) is 25.0 Å². The highest BCUT2D eigenvalue weighted by Crippen LogP contribution is 2.24. The number of carbonyl (C=O) groups is 1. The maximum absolute atomic E-state index is 13.0. The molecule has 0 spiro atoms. The first-order chi connectivity index (χ1) is 12.3. The fourth-order valence-electron chi connectivity index (χ4n) is 3.64. The molecule has 0 bridgehead atoms. The summed E-state index contributed by atoms with van der Waals surface area (Å²) < 4.78 is 12.9. The van der Waals surface area contributed by atoms with Gasteiger partial charge in [0.2, 0.25) is 0 Å². The van der Waals surface area contributed by atoms with Gasteiger partial charge in [-0.2, -0.15) is 5.10 Å². The lowest BCUT2D eigenvalue weighted by molar-refractivity contribution is 0.0337. The van der Waals surface area contributed by atoms with Crippen LogP contribution in [0, 0.1) is 0 Å². The summed E-state index contributed by atoms with van der Waals surface area (Å²) in [6.45, 7) is 5.47. The second-order valence-corrected chi connectivity index (χ2v) is 6.70. The standard InChI is InChI=1S/C18H24N4O3/c23-18(21-6-1-3-16(14-21)22-7-2-5-19-22)17-15(4-10-25-17)13-20-8-11-24-12-9-20/h2,4-5,7,10,16H,1,3,6,8-9,11-14H2/t16-/m1/s1. The van der Waals surface area contributed by atoms with E-state index in [0.29, 0.717) is 12.3 Å². The van der Waals surface area contributed by atoms with Crippen molar-refractivity contribution in [2.24, 2.45) is 0 Å². The van der Waals surface area contributed by atoms with E-state index in [0.717, 1.165) is 57.8 Å². The Kier molecular flexibility index (Phi) is 4.85. The summed E-state index contributed by atoms with van der Waals surface area (Å²) in [7, 11) is 0. The van der Waals surface area contributed by atoms with Crippen LogP contribution in [0.3, 0.4) is 0 Å². The van der Waals surface area contributed by atoms with Crippen LogP contribution in [0.2, 0.25) is 0 Å². The molecule has 25 heavy (non-hydrogen) atoms. The van der Waals surface area contributed by atoms with Crippen molar-refractivity contribution in [3.63, 3.8) is 0 Å². The molecule has 0 aliphatic carbocycles. The van der Waals surface area contributed by atoms with E-state index in [9.17, 15) is 4.79 Å². The van der Waals surface area contributed by atoms with E-state index in [1.807, 2.05) is 27.9 Å². The molecule has 1 amide bonds. The summed E-state index contributed by atoms with van der Waals surface area (Å²) in [6.07, 6.45) is 7.40. The number of carbonyl (C=O) groups excluding carboxylic acids is 1. The molecule has 7 heteroatoms. The van der Waals surface area contributed by atoms with Crippen LogP contribution in [0.15, 0.2) is 35.2 Å². The molecule has 0 saturated carbocycles. The average molecular weight is 344 g/mol. The zero-order chi connectivity index (χ0) is 17.1. The van der Waals surface area contributed by atoms with Crippen LogP contribution in [-0.2, 0) is 11.3 Å². The minimum Gasteiger partial charge on any atom is -0.459 e. The van der Waals surface area contributed by atoms with Crippen molar-refractivity contribution in [1.82, 2.24) is 19.6 Å². The van der Waals surface area contributed by atoms with Crippen LogP contribution in [0.1, 0.15) is 35.0 Å². The number of likely N-dealkylation sites (tertiary alicyclic amines) is 1. The lowest BCUT2D eigenvalue weighted by Crippen LogP contribution is -2.41. The number of hydrogen-bond donors (Lipinski definition) is 0. The van der Waals surface area contributed by atoms with Crippen LogP contribution >= 0.6 is 0 Å². The zero-order valence-corrected chi connectivity index (χ0v) is 14.3. The molecule has 2 saturated heterocycles. The van der Waals surface area contributed by atoms with Crippen molar-refractivity contribution in [2.45, 2.75) is 25.4 Å². The Morgan fingerprint density at radius 3 is 2.96 bits per heavy atom. The predicted octanol–water partition coefficient (Wildman–Crippen LogP) is 1.79. The molecule has 134 valence electrons. The first-order valence-corrected chi connectivity index (χ1v) is 8.96. The van der Waals surface area contributed by atoms with Crippen molar-refractivity contribution < 1.29 is 13.9 Å². The Balaban J connectivity index is 1.44. The van der Waals surface area contributed by atoms with Gasteiger partial charge >= 0.3 is 0 Å². The van der Waals surface area contributed by atoms with Crippen molar-refractivity contribution in [3.8, 4) is 0 Å². The molecule has 0 N–H and O–H groups in total. The number of amides is 1. The van der Waals surface area contributed by atoms with Gasteiger partial charge in [-0.3, -0.25) is 14.4 Å². The number of ether oxygens (including phenoxy) is 1. The fourth-order valence-corrected chi connectivity index (χ4v) is 3.64. The lowest BCUT2D eigenvalue weighted by atomic mass is 10.1. The highest BCUT2D eigenvalue weighted by Gasteiger charge is 2.29. The minimum atomic E-state index is -0.00915. The van der Waals surface area contributed by atoms with E-state index in [4.69, 9.17) is 9.15 Å². The van der Waals surface area contributed by atoms with Crippen LogP contribution in [0.4, 0.5) is 0 Å². The number of morpholine rings is 1. The highest BCUT2D eigenvalue weighted by atomic mass is 16.5. The third-order valence-electron chi connectivity index (χ3n) is 5.02. The zero-order valence-electron chi connectivity index (χ0n) is 14.3. The van der Waals surface area contributed by atoms with Crippen LogP contribution in [-0.4, -0.2) is 64.9 Å². The van der Waals surface area contributed by atoms with E-state index in [2.05, 4.69) is 10.00 Å². The van der Waals surface area contributed by atoms with Gasteiger partial charge in [-0.1, -0.05) is 0 Å². The summed E-state index contributed by atoms with van der Waals surface area (Å²) in [5.74, 6) is 0.470. The molecule has 2 aliphatic heterocycles. The highest BCUT2D eigenvalue weighted by molar-refractivity contribution is 5.93. The van der Waals surface area contributed by atoms with Crippen molar-refractivity contribution in [3.05, 3.63) is 42.1 Å². The van der Waals surface area contributed by atoms with Crippen molar-refractivity contribution >= 4 is 5.91 Å². The van der Waals surface area contributed by atoms with Crippen molar-refractivity contribution in [1.29, 1.82) is 0 Å². The first kappa shape index (κ1) is 16.4. The van der Waals surface area contributed by atoms with Gasteiger partial charge in [0.1, 0.15) is 0 Å². The fraction of sp³-hybridized carbons (Fsp3) is 0.556. The average Bonchev–Trinajstić information content (AvgIpc) is 3.34. The molecule has 1 atom stereocenters. The van der Waals surface area contributed by atoms with E-state index in [-0.39, 0.29) is 11.9 Å². The SMILES string of the molecule is O=C(c1occc1CN1CCOCC1)N1CCC[C@@H](n2cccn2)C1. The summed E-state index contributed by atoms with van der Waals surface area (Å²) >= 11 is 0. The molecule has 0 aromatic carbocycles. The molecule has 2 fully saturated rings. The number of furan rings is 1. The summed E-state index contributed by atoms with van der Waals surface area (Å²) in [6, 6.07) is 4.08. The van der Waals surface area contributed by atoms with E-state index in [1.54, 1.807) is 12.5 Å². The Labute approximate surface area is 147 Å². The molecular formula is C18H24N4O3. The summed E-state index contributed by atoms with van der Waals surface area (Å²) in [4.78, 5) is 17.2. The monoisotopic (exact) mass is 344 g/mol. The molecule has 4 heterocycles. The molecule has 2 aliphatic rings. The van der Waals surface area contributed by atoms with Crippen LogP contribution in [0.25, 0.3) is 0 Å². The van der Waals surface area contributed by atoms with Crippen LogP contribution in [0.5, 0.6) is 0 Å². The van der Waals surface area contributed by atoms with Gasteiger partial charge in [0, 0.05) is 50.7 Å². The Hall–Kier alpha value is -2.12. The molecule has 4 rings (SSSR count). The number of hydrogen-bond acceptors (Lipinski definition) is 5. The minimum absolute atomic E-state index is 0.00915. The summed E-state index contributed by atoms with van der Waals surface area (Å²) in [5.41, 5.74) is 0.966. The smallest absolute Gasteiger partial charge is 0.289 e. The molecule has 2 aromatic rings. The molecule has 2 aromatic heterocycles. The normalized spacial score (nSPS) is 22.2. The molecule has 0 unspecified atom stereocenters. The maximum Gasteiger partial charge on any atom is 0.289 e. The third kappa shape index (κ3) is 3.62. The Morgan fingerprint density at radius 2 is 2.16 bits per heavy atom. The Bertz CT molecular complexity index is 691. The third-order valence-corrected chi connectivity index (χ3v) is 5.02. The largest absolute Gasteiger partial charge is 0.459 e. The lowest BCUT2D eigenvalue weighted by Gasteiger charge is -2.32. The predicted molar refractivity (Wildman–Crippen MR) is 91.2 cm³/mol. The van der Waals surface area contributed by atoms with Gasteiger partial charge < -0.3 is 14.1 Å². The van der Waals surface area contributed by atoms with Gasteiger partial charge in [0.25, 0.3) is 5.91 Å². The topological polar surface area (TPSA) is 63.7 Å². The molecule has 7 nitrogen and oxygen atoms in total. The van der Waals surface area contributed by atoms with E-state index < -0.39 is 0 Å². The van der Waals surface area contributed by atoms with Gasteiger partial charge in [-0.15, -0.1) is 0 Å². The van der Waals surface area contributed by atoms with E-state index >= 15 is 0 Å². The number of piperidine rings is 1.